The maximum absolute atomic E-state index is 12.0. The van der Waals surface area contributed by atoms with Crippen molar-refractivity contribution in [1.29, 1.82) is 0 Å². The molecule has 6 nitrogen and oxygen atoms in total. The molecule has 1 fully saturated rings. The highest BCUT2D eigenvalue weighted by molar-refractivity contribution is 5.94. The van der Waals surface area contributed by atoms with Gasteiger partial charge in [0.05, 0.1) is 13.7 Å². The lowest BCUT2D eigenvalue weighted by Crippen LogP contribution is -2.52. The second-order valence-electron chi connectivity index (χ2n) is 5.40. The first kappa shape index (κ1) is 15.3. The number of benzene rings is 1. The first-order valence-electron chi connectivity index (χ1n) is 6.97. The topological polar surface area (TPSA) is 84.7 Å². The molecular formula is C15H21N3O3. The lowest BCUT2D eigenvalue weighted by molar-refractivity contribution is -0.138. The molecule has 1 aromatic carbocycles. The van der Waals surface area contributed by atoms with Crippen molar-refractivity contribution in [3.63, 3.8) is 0 Å². The molecule has 21 heavy (non-hydrogen) atoms. The van der Waals surface area contributed by atoms with Crippen LogP contribution in [0.4, 0.5) is 5.69 Å². The molecule has 2 rings (SSSR count). The highest BCUT2D eigenvalue weighted by atomic mass is 16.5. The average Bonchev–Trinajstić information content (AvgIpc) is 2.45. The number of rotatable bonds is 4. The average molecular weight is 291 g/mol. The number of likely N-dealkylation sites (tertiary alicyclic amines) is 1. The molecule has 3 N–H and O–H groups in total. The standard InChI is InChI=1S/C15H21N3O3/c1-10-7-15(20)18(8-13(10)16)9-14(19)17-11-3-5-12(21-2)6-4-11/h3-6,10,13H,7-9,16H2,1-2H3,(H,17,19). The van der Waals surface area contributed by atoms with Crippen LogP contribution in [0.2, 0.25) is 0 Å². The molecule has 0 aromatic heterocycles. The number of ether oxygens (including phenoxy) is 1. The highest BCUT2D eigenvalue weighted by Gasteiger charge is 2.30. The van der Waals surface area contributed by atoms with E-state index >= 15 is 0 Å². The Morgan fingerprint density at radius 1 is 1.43 bits per heavy atom. The van der Waals surface area contributed by atoms with Crippen molar-refractivity contribution < 1.29 is 14.3 Å². The van der Waals surface area contributed by atoms with Crippen LogP contribution in [0.1, 0.15) is 13.3 Å². The molecule has 1 aromatic rings. The summed E-state index contributed by atoms with van der Waals surface area (Å²) in [4.78, 5) is 25.4. The van der Waals surface area contributed by atoms with E-state index in [0.29, 0.717) is 18.7 Å². The zero-order valence-electron chi connectivity index (χ0n) is 12.3. The van der Waals surface area contributed by atoms with Gasteiger partial charge in [0, 0.05) is 24.7 Å². The zero-order valence-corrected chi connectivity index (χ0v) is 12.3. The van der Waals surface area contributed by atoms with Crippen LogP contribution >= 0.6 is 0 Å². The van der Waals surface area contributed by atoms with Gasteiger partial charge in [-0.2, -0.15) is 0 Å². The molecule has 0 spiro atoms. The fourth-order valence-electron chi connectivity index (χ4n) is 2.29. The van der Waals surface area contributed by atoms with Crippen molar-refractivity contribution in [1.82, 2.24) is 4.90 Å². The van der Waals surface area contributed by atoms with Gasteiger partial charge in [0.2, 0.25) is 11.8 Å². The minimum absolute atomic E-state index is 0.0194. The Morgan fingerprint density at radius 3 is 2.71 bits per heavy atom. The van der Waals surface area contributed by atoms with Crippen LogP contribution in [0.3, 0.4) is 0 Å². The predicted octanol–water partition coefficient (Wildman–Crippen LogP) is 0.829. The van der Waals surface area contributed by atoms with Gasteiger partial charge in [-0.25, -0.2) is 0 Å². The van der Waals surface area contributed by atoms with Crippen LogP contribution in [-0.2, 0) is 9.59 Å². The number of amides is 2. The van der Waals surface area contributed by atoms with Gasteiger partial charge < -0.3 is 20.7 Å². The lowest BCUT2D eigenvalue weighted by atomic mass is 9.94. The summed E-state index contributed by atoms with van der Waals surface area (Å²) in [6, 6.07) is 6.96. The summed E-state index contributed by atoms with van der Waals surface area (Å²) >= 11 is 0. The van der Waals surface area contributed by atoms with Crippen LogP contribution in [0.5, 0.6) is 5.75 Å². The van der Waals surface area contributed by atoms with E-state index in [1.807, 2.05) is 6.92 Å². The summed E-state index contributed by atoms with van der Waals surface area (Å²) < 4.78 is 5.05. The Bertz CT molecular complexity index is 515. The van der Waals surface area contributed by atoms with Gasteiger partial charge in [0.1, 0.15) is 5.75 Å². The summed E-state index contributed by atoms with van der Waals surface area (Å²) in [5, 5.41) is 2.76. The van der Waals surface area contributed by atoms with Crippen molar-refractivity contribution in [3.8, 4) is 5.75 Å². The third-order valence-electron chi connectivity index (χ3n) is 3.72. The molecule has 1 heterocycles. The number of carbonyl (C=O) groups is 2. The molecule has 114 valence electrons. The Labute approximate surface area is 124 Å². The van der Waals surface area contributed by atoms with Gasteiger partial charge in [0.25, 0.3) is 0 Å². The van der Waals surface area contributed by atoms with E-state index in [0.717, 1.165) is 5.75 Å². The largest absolute Gasteiger partial charge is 0.497 e. The smallest absolute Gasteiger partial charge is 0.243 e. The first-order chi connectivity index (χ1) is 9.99. The van der Waals surface area contributed by atoms with E-state index in [-0.39, 0.29) is 30.3 Å². The third-order valence-corrected chi connectivity index (χ3v) is 3.72. The van der Waals surface area contributed by atoms with Gasteiger partial charge in [0.15, 0.2) is 0 Å². The fourth-order valence-corrected chi connectivity index (χ4v) is 2.29. The minimum atomic E-state index is -0.227. The Balaban J connectivity index is 1.90. The van der Waals surface area contributed by atoms with Crippen LogP contribution in [0, 0.1) is 5.92 Å². The molecule has 1 aliphatic heterocycles. The second-order valence-corrected chi connectivity index (χ2v) is 5.40. The monoisotopic (exact) mass is 291 g/mol. The van der Waals surface area contributed by atoms with Gasteiger partial charge >= 0.3 is 0 Å². The molecule has 0 saturated carbocycles. The third kappa shape index (κ3) is 3.95. The maximum atomic E-state index is 12.0. The van der Waals surface area contributed by atoms with E-state index in [9.17, 15) is 9.59 Å². The predicted molar refractivity (Wildman–Crippen MR) is 80.0 cm³/mol. The van der Waals surface area contributed by atoms with Crippen molar-refractivity contribution in [3.05, 3.63) is 24.3 Å². The Hall–Kier alpha value is -2.08. The number of nitrogens with one attached hydrogen (secondary N) is 1. The van der Waals surface area contributed by atoms with Crippen LogP contribution in [0.15, 0.2) is 24.3 Å². The molecule has 0 aliphatic carbocycles. The highest BCUT2D eigenvalue weighted by Crippen LogP contribution is 2.17. The molecule has 2 atom stereocenters. The summed E-state index contributed by atoms with van der Waals surface area (Å²) in [5.41, 5.74) is 6.62. The molecular weight excluding hydrogens is 270 g/mol. The molecule has 6 heteroatoms. The number of hydrogen-bond acceptors (Lipinski definition) is 4. The first-order valence-corrected chi connectivity index (χ1v) is 6.97. The molecule has 2 unspecified atom stereocenters. The molecule has 2 amide bonds. The number of hydrogen-bond donors (Lipinski definition) is 2. The Kier molecular flexibility index (Phi) is 4.80. The number of anilines is 1. The summed E-state index contributed by atoms with van der Waals surface area (Å²) in [7, 11) is 1.58. The van der Waals surface area contributed by atoms with Gasteiger partial charge in [-0.3, -0.25) is 9.59 Å². The Morgan fingerprint density at radius 2 is 2.10 bits per heavy atom. The van der Waals surface area contributed by atoms with E-state index in [4.69, 9.17) is 10.5 Å². The SMILES string of the molecule is COc1ccc(NC(=O)CN2CC(N)C(C)CC2=O)cc1. The quantitative estimate of drug-likeness (QED) is 0.860. The summed E-state index contributed by atoms with van der Waals surface area (Å²) in [5.74, 6) is 0.641. The van der Waals surface area contributed by atoms with Crippen LogP contribution in [0.25, 0.3) is 0 Å². The van der Waals surface area contributed by atoms with Gasteiger partial charge in [-0.1, -0.05) is 6.92 Å². The maximum Gasteiger partial charge on any atom is 0.243 e. The number of nitrogens with zero attached hydrogens (tertiary/aromatic N) is 1. The number of nitrogens with two attached hydrogens (primary N) is 1. The van der Waals surface area contributed by atoms with Crippen molar-refractivity contribution in [2.24, 2.45) is 11.7 Å². The molecule has 1 saturated heterocycles. The molecule has 1 aliphatic rings. The van der Waals surface area contributed by atoms with Crippen molar-refractivity contribution in [2.75, 3.05) is 25.5 Å². The van der Waals surface area contributed by atoms with Crippen LogP contribution in [-0.4, -0.2) is 43.0 Å². The van der Waals surface area contributed by atoms with Crippen LogP contribution < -0.4 is 15.8 Å². The van der Waals surface area contributed by atoms with E-state index in [1.54, 1.807) is 31.4 Å². The van der Waals surface area contributed by atoms with E-state index < -0.39 is 0 Å². The normalized spacial score (nSPS) is 22.0. The summed E-state index contributed by atoms with van der Waals surface area (Å²) in [6.07, 6.45) is 0.400. The number of methoxy groups -OCH3 is 1. The van der Waals surface area contributed by atoms with Gasteiger partial charge in [-0.15, -0.1) is 0 Å². The fraction of sp³-hybridized carbons (Fsp3) is 0.467. The summed E-state index contributed by atoms with van der Waals surface area (Å²) in [6.45, 7) is 2.42. The zero-order chi connectivity index (χ0) is 15.4. The number of piperidine rings is 1. The second kappa shape index (κ2) is 6.58. The van der Waals surface area contributed by atoms with Crippen molar-refractivity contribution in [2.45, 2.75) is 19.4 Å². The minimum Gasteiger partial charge on any atom is -0.497 e. The van der Waals surface area contributed by atoms with Crippen molar-refractivity contribution >= 4 is 17.5 Å². The van der Waals surface area contributed by atoms with Gasteiger partial charge in [-0.05, 0) is 30.2 Å². The molecule has 0 bridgehead atoms. The number of carbonyl (C=O) groups excluding carboxylic acids is 2. The van der Waals surface area contributed by atoms with E-state index in [2.05, 4.69) is 5.32 Å². The lowest BCUT2D eigenvalue weighted by Gasteiger charge is -2.34. The van der Waals surface area contributed by atoms with E-state index in [1.165, 1.54) is 4.90 Å². The molecule has 0 radical (unpaired) electrons.